The van der Waals surface area contributed by atoms with Gasteiger partial charge in [-0.2, -0.15) is 0 Å². The predicted octanol–water partition coefficient (Wildman–Crippen LogP) is 1.54. The maximum Gasteiger partial charge on any atom is 0.225 e. The second kappa shape index (κ2) is 6.68. The van der Waals surface area contributed by atoms with Crippen molar-refractivity contribution in [3.05, 3.63) is 29.3 Å². The first-order valence-electron chi connectivity index (χ1n) is 6.95. The van der Waals surface area contributed by atoms with E-state index in [0.29, 0.717) is 6.42 Å². The molecule has 4 nitrogen and oxygen atoms in total. The van der Waals surface area contributed by atoms with Crippen LogP contribution in [0.5, 0.6) is 0 Å². The Morgan fingerprint density at radius 1 is 1.26 bits per heavy atom. The first-order valence-corrected chi connectivity index (χ1v) is 6.95. The van der Waals surface area contributed by atoms with Crippen molar-refractivity contribution in [2.45, 2.75) is 20.3 Å². The lowest BCUT2D eigenvalue weighted by Crippen LogP contribution is -2.44. The Kier molecular flexibility index (Phi) is 4.93. The molecule has 2 rings (SSSR count). The number of amides is 1. The lowest BCUT2D eigenvalue weighted by Gasteiger charge is -2.26. The van der Waals surface area contributed by atoms with Crippen LogP contribution in [0.4, 0.5) is 5.69 Å². The van der Waals surface area contributed by atoms with Crippen LogP contribution in [0.15, 0.2) is 18.2 Å². The van der Waals surface area contributed by atoms with Crippen molar-refractivity contribution in [1.82, 2.24) is 10.2 Å². The van der Waals surface area contributed by atoms with E-state index in [9.17, 15) is 4.79 Å². The number of benzene rings is 1. The highest BCUT2D eigenvalue weighted by Crippen LogP contribution is 2.14. The highest BCUT2D eigenvalue weighted by atomic mass is 16.1. The van der Waals surface area contributed by atoms with E-state index in [1.54, 1.807) is 0 Å². The van der Waals surface area contributed by atoms with E-state index in [-0.39, 0.29) is 5.91 Å². The summed E-state index contributed by atoms with van der Waals surface area (Å²) in [6.07, 6.45) is 0.562. The Morgan fingerprint density at radius 2 is 2.00 bits per heavy atom. The molecule has 0 bridgehead atoms. The monoisotopic (exact) mass is 261 g/mol. The number of nitrogens with one attached hydrogen (secondary N) is 2. The van der Waals surface area contributed by atoms with Crippen molar-refractivity contribution < 1.29 is 4.79 Å². The molecule has 1 aliphatic heterocycles. The molecule has 0 unspecified atom stereocenters. The molecular formula is C15H23N3O. The van der Waals surface area contributed by atoms with Crippen LogP contribution in [-0.2, 0) is 4.79 Å². The van der Waals surface area contributed by atoms with Crippen molar-refractivity contribution in [2.75, 3.05) is 38.0 Å². The third-order valence-corrected chi connectivity index (χ3v) is 3.66. The average Bonchev–Trinajstić information content (AvgIpc) is 2.42. The number of carbonyl (C=O) groups excluding carboxylic acids is 1. The zero-order valence-electron chi connectivity index (χ0n) is 11.8. The number of aryl methyl sites for hydroxylation is 2. The summed E-state index contributed by atoms with van der Waals surface area (Å²) < 4.78 is 0. The van der Waals surface area contributed by atoms with Crippen LogP contribution in [0.2, 0.25) is 0 Å². The largest absolute Gasteiger partial charge is 0.326 e. The molecule has 0 aliphatic carbocycles. The number of rotatable bonds is 4. The van der Waals surface area contributed by atoms with E-state index in [2.05, 4.69) is 29.4 Å². The number of hydrogen-bond acceptors (Lipinski definition) is 3. The Bertz CT molecular complexity index is 439. The van der Waals surface area contributed by atoms with Gasteiger partial charge in [0.1, 0.15) is 0 Å². The van der Waals surface area contributed by atoms with E-state index in [4.69, 9.17) is 0 Å². The third kappa shape index (κ3) is 4.33. The van der Waals surface area contributed by atoms with Gasteiger partial charge in [0.25, 0.3) is 0 Å². The molecule has 0 atom stereocenters. The van der Waals surface area contributed by atoms with Crippen molar-refractivity contribution in [2.24, 2.45) is 0 Å². The molecule has 19 heavy (non-hydrogen) atoms. The number of carbonyl (C=O) groups is 1. The minimum absolute atomic E-state index is 0.0989. The molecule has 1 fully saturated rings. The number of nitrogens with zero attached hydrogens (tertiary/aromatic N) is 1. The summed E-state index contributed by atoms with van der Waals surface area (Å²) in [6.45, 7) is 9.11. The molecule has 4 heteroatoms. The highest BCUT2D eigenvalue weighted by molar-refractivity contribution is 5.90. The summed E-state index contributed by atoms with van der Waals surface area (Å²) >= 11 is 0. The van der Waals surface area contributed by atoms with Gasteiger partial charge in [-0.25, -0.2) is 0 Å². The van der Waals surface area contributed by atoms with E-state index >= 15 is 0 Å². The maximum atomic E-state index is 11.9. The number of anilines is 1. The lowest BCUT2D eigenvalue weighted by atomic mass is 10.1. The Morgan fingerprint density at radius 3 is 2.68 bits per heavy atom. The molecule has 0 saturated carbocycles. The average molecular weight is 261 g/mol. The van der Waals surface area contributed by atoms with Gasteiger partial charge < -0.3 is 15.5 Å². The van der Waals surface area contributed by atoms with Gasteiger partial charge >= 0.3 is 0 Å². The van der Waals surface area contributed by atoms with Gasteiger partial charge in [0, 0.05) is 44.8 Å². The molecule has 0 radical (unpaired) electrons. The summed E-state index contributed by atoms with van der Waals surface area (Å²) in [5.74, 6) is 0.0989. The molecule has 0 aromatic heterocycles. The lowest BCUT2D eigenvalue weighted by molar-refractivity contribution is -0.116. The van der Waals surface area contributed by atoms with Gasteiger partial charge in [-0.3, -0.25) is 4.79 Å². The van der Waals surface area contributed by atoms with E-state index < -0.39 is 0 Å². The minimum Gasteiger partial charge on any atom is -0.326 e. The Hall–Kier alpha value is -1.39. The zero-order chi connectivity index (χ0) is 13.7. The fourth-order valence-electron chi connectivity index (χ4n) is 2.24. The SMILES string of the molecule is Cc1ccc(NC(=O)CCN2CCNCC2)cc1C. The normalized spacial score (nSPS) is 16.3. The summed E-state index contributed by atoms with van der Waals surface area (Å²) in [5, 5.41) is 6.28. The molecule has 0 spiro atoms. The van der Waals surface area contributed by atoms with Crippen LogP contribution in [0.25, 0.3) is 0 Å². The van der Waals surface area contributed by atoms with Crippen LogP contribution in [0, 0.1) is 13.8 Å². The van der Waals surface area contributed by atoms with Gasteiger partial charge in [0.2, 0.25) is 5.91 Å². The van der Waals surface area contributed by atoms with Gasteiger partial charge in [-0.1, -0.05) is 6.07 Å². The second-order valence-electron chi connectivity index (χ2n) is 5.19. The van der Waals surface area contributed by atoms with Crippen LogP contribution >= 0.6 is 0 Å². The van der Waals surface area contributed by atoms with E-state index in [0.717, 1.165) is 38.4 Å². The van der Waals surface area contributed by atoms with Crippen molar-refractivity contribution in [3.8, 4) is 0 Å². The predicted molar refractivity (Wildman–Crippen MR) is 78.5 cm³/mol. The Balaban J connectivity index is 1.78. The first kappa shape index (κ1) is 14.0. The smallest absolute Gasteiger partial charge is 0.225 e. The molecular weight excluding hydrogens is 238 g/mol. The molecule has 1 amide bonds. The standard InChI is InChI=1S/C15H23N3O/c1-12-3-4-14(11-13(12)2)17-15(19)5-8-18-9-6-16-7-10-18/h3-4,11,16H,5-10H2,1-2H3,(H,17,19). The molecule has 2 N–H and O–H groups in total. The highest BCUT2D eigenvalue weighted by Gasteiger charge is 2.11. The van der Waals surface area contributed by atoms with E-state index in [1.165, 1.54) is 11.1 Å². The summed E-state index contributed by atoms with van der Waals surface area (Å²) in [6, 6.07) is 6.03. The quantitative estimate of drug-likeness (QED) is 0.864. The van der Waals surface area contributed by atoms with Crippen molar-refractivity contribution in [1.29, 1.82) is 0 Å². The second-order valence-corrected chi connectivity index (χ2v) is 5.19. The van der Waals surface area contributed by atoms with Gasteiger partial charge in [-0.05, 0) is 37.1 Å². The summed E-state index contributed by atoms with van der Waals surface area (Å²) in [5.41, 5.74) is 3.35. The summed E-state index contributed by atoms with van der Waals surface area (Å²) in [7, 11) is 0. The number of hydrogen-bond donors (Lipinski definition) is 2. The minimum atomic E-state index is 0.0989. The Labute approximate surface area is 115 Å². The zero-order valence-corrected chi connectivity index (χ0v) is 11.8. The molecule has 1 aromatic rings. The van der Waals surface area contributed by atoms with Gasteiger partial charge in [-0.15, -0.1) is 0 Å². The molecule has 1 saturated heterocycles. The molecule has 1 heterocycles. The van der Waals surface area contributed by atoms with Crippen molar-refractivity contribution in [3.63, 3.8) is 0 Å². The maximum absolute atomic E-state index is 11.9. The summed E-state index contributed by atoms with van der Waals surface area (Å²) in [4.78, 5) is 14.2. The van der Waals surface area contributed by atoms with Crippen molar-refractivity contribution >= 4 is 11.6 Å². The molecule has 104 valence electrons. The fourth-order valence-corrected chi connectivity index (χ4v) is 2.24. The van der Waals surface area contributed by atoms with E-state index in [1.807, 2.05) is 18.2 Å². The van der Waals surface area contributed by atoms with Crippen LogP contribution < -0.4 is 10.6 Å². The third-order valence-electron chi connectivity index (χ3n) is 3.66. The van der Waals surface area contributed by atoms with Gasteiger partial charge in [0.15, 0.2) is 0 Å². The topological polar surface area (TPSA) is 44.4 Å². The first-order chi connectivity index (χ1) is 9.15. The van der Waals surface area contributed by atoms with Crippen LogP contribution in [0.3, 0.4) is 0 Å². The van der Waals surface area contributed by atoms with Crippen LogP contribution in [-0.4, -0.2) is 43.5 Å². The fraction of sp³-hybridized carbons (Fsp3) is 0.533. The van der Waals surface area contributed by atoms with Crippen LogP contribution in [0.1, 0.15) is 17.5 Å². The molecule has 1 aliphatic rings. The number of piperazine rings is 1. The molecule has 1 aromatic carbocycles. The van der Waals surface area contributed by atoms with Gasteiger partial charge in [0.05, 0.1) is 0 Å².